The Hall–Kier alpha value is -2.14. The van der Waals surface area contributed by atoms with Crippen molar-refractivity contribution in [2.75, 3.05) is 12.8 Å². The molecule has 1 aliphatic rings. The van der Waals surface area contributed by atoms with E-state index in [9.17, 15) is 4.79 Å². The maximum atomic E-state index is 12.6. The van der Waals surface area contributed by atoms with Crippen LogP contribution in [0.2, 0.25) is 0 Å². The van der Waals surface area contributed by atoms with Gasteiger partial charge in [0.2, 0.25) is 5.91 Å². The number of benzene rings is 2. The van der Waals surface area contributed by atoms with Crippen LogP contribution < -0.4 is 15.8 Å². The molecule has 0 heterocycles. The Morgan fingerprint density at radius 2 is 2.04 bits per heavy atom. The fourth-order valence-electron chi connectivity index (χ4n) is 3.19. The molecule has 3 N–H and O–H groups in total. The minimum Gasteiger partial charge on any atom is -0.497 e. The number of amides is 1. The number of carbonyl (C=O) groups is 1. The normalized spacial score (nSPS) is 17.4. The molecule has 0 fully saturated rings. The minimum absolute atomic E-state index is 0.0653. The lowest BCUT2D eigenvalue weighted by atomic mass is 9.87. The molecular weight excluding hydrogens is 332 g/mol. The van der Waals surface area contributed by atoms with E-state index < -0.39 is 0 Å². The number of anilines is 1. The third kappa shape index (κ3) is 4.28. The standard InChI is InChI=1S/C20H24N2O2S/c1-13(25-17-9-7-16(24-2)8-10-17)20(23)22-19-5-3-4-14-12-15(21)6-11-18(14)19/h6-13,19H,3-5,21H2,1-2H3,(H,22,23). The van der Waals surface area contributed by atoms with Crippen LogP contribution in [-0.4, -0.2) is 18.3 Å². The number of hydrogen-bond donors (Lipinski definition) is 2. The van der Waals surface area contributed by atoms with Crippen molar-refractivity contribution in [2.45, 2.75) is 42.4 Å². The van der Waals surface area contributed by atoms with Gasteiger partial charge in [-0.2, -0.15) is 0 Å². The van der Waals surface area contributed by atoms with E-state index in [4.69, 9.17) is 10.5 Å². The number of fused-ring (bicyclic) bond motifs is 1. The van der Waals surface area contributed by atoms with Gasteiger partial charge >= 0.3 is 0 Å². The van der Waals surface area contributed by atoms with Gasteiger partial charge in [0.15, 0.2) is 0 Å². The number of nitrogens with one attached hydrogen (secondary N) is 1. The zero-order valence-electron chi connectivity index (χ0n) is 14.6. The second-order valence-electron chi connectivity index (χ2n) is 6.35. The number of carbonyl (C=O) groups excluding carboxylic acids is 1. The van der Waals surface area contributed by atoms with Crippen molar-refractivity contribution >= 4 is 23.4 Å². The van der Waals surface area contributed by atoms with Crippen LogP contribution in [0.3, 0.4) is 0 Å². The SMILES string of the molecule is COc1ccc(SC(C)C(=O)NC2CCCc3cc(N)ccc32)cc1. The van der Waals surface area contributed by atoms with E-state index in [1.54, 1.807) is 18.9 Å². The summed E-state index contributed by atoms with van der Waals surface area (Å²) in [7, 11) is 1.65. The number of methoxy groups -OCH3 is 1. The predicted octanol–water partition coefficient (Wildman–Crippen LogP) is 3.95. The van der Waals surface area contributed by atoms with Crippen LogP contribution >= 0.6 is 11.8 Å². The number of nitrogens with two attached hydrogens (primary N) is 1. The average molecular weight is 356 g/mol. The molecule has 2 aromatic rings. The summed E-state index contributed by atoms with van der Waals surface area (Å²) in [5, 5.41) is 3.05. The highest BCUT2D eigenvalue weighted by atomic mass is 32.2. The average Bonchev–Trinajstić information content (AvgIpc) is 2.62. The van der Waals surface area contributed by atoms with Crippen LogP contribution in [-0.2, 0) is 11.2 Å². The molecule has 2 unspecified atom stereocenters. The third-order valence-electron chi connectivity index (χ3n) is 4.54. The van der Waals surface area contributed by atoms with Gasteiger partial charge in [-0.25, -0.2) is 0 Å². The molecule has 25 heavy (non-hydrogen) atoms. The van der Waals surface area contributed by atoms with Gasteiger partial charge in [-0.3, -0.25) is 4.79 Å². The molecule has 0 spiro atoms. The monoisotopic (exact) mass is 356 g/mol. The Bertz CT molecular complexity index is 746. The smallest absolute Gasteiger partial charge is 0.233 e. The van der Waals surface area contributed by atoms with E-state index in [0.717, 1.165) is 35.6 Å². The summed E-state index contributed by atoms with van der Waals surface area (Å²) in [5.74, 6) is 0.884. The Morgan fingerprint density at radius 1 is 1.28 bits per heavy atom. The van der Waals surface area contributed by atoms with Gasteiger partial charge in [-0.1, -0.05) is 6.07 Å². The molecule has 0 aromatic heterocycles. The summed E-state index contributed by atoms with van der Waals surface area (Å²) in [6.07, 6.45) is 3.08. The van der Waals surface area contributed by atoms with Crippen LogP contribution in [0.5, 0.6) is 5.75 Å². The fourth-order valence-corrected chi connectivity index (χ4v) is 4.06. The predicted molar refractivity (Wildman–Crippen MR) is 103 cm³/mol. The van der Waals surface area contributed by atoms with Gasteiger partial charge < -0.3 is 15.8 Å². The molecule has 2 atom stereocenters. The number of hydrogen-bond acceptors (Lipinski definition) is 4. The first-order valence-corrected chi connectivity index (χ1v) is 9.44. The minimum atomic E-state index is -0.160. The second-order valence-corrected chi connectivity index (χ2v) is 7.76. The van der Waals surface area contributed by atoms with Crippen LogP contribution in [0.4, 0.5) is 5.69 Å². The van der Waals surface area contributed by atoms with Crippen molar-refractivity contribution < 1.29 is 9.53 Å². The first kappa shape index (κ1) is 17.7. The maximum Gasteiger partial charge on any atom is 0.233 e. The topological polar surface area (TPSA) is 64.3 Å². The summed E-state index contributed by atoms with van der Waals surface area (Å²) in [4.78, 5) is 13.7. The van der Waals surface area contributed by atoms with E-state index in [1.807, 2.05) is 43.3 Å². The van der Waals surface area contributed by atoms with Crippen LogP contribution in [0.1, 0.15) is 36.9 Å². The van der Waals surface area contributed by atoms with E-state index in [2.05, 4.69) is 11.4 Å². The lowest BCUT2D eigenvalue weighted by Crippen LogP contribution is -2.35. The largest absolute Gasteiger partial charge is 0.497 e. The van der Waals surface area contributed by atoms with Gasteiger partial charge in [0.1, 0.15) is 5.75 Å². The Labute approximate surface area is 153 Å². The summed E-state index contributed by atoms with van der Waals surface area (Å²) >= 11 is 1.56. The van der Waals surface area contributed by atoms with Gasteiger partial charge in [0.25, 0.3) is 0 Å². The van der Waals surface area contributed by atoms with E-state index in [1.165, 1.54) is 11.1 Å². The second kappa shape index (κ2) is 7.83. The molecule has 3 rings (SSSR count). The van der Waals surface area contributed by atoms with E-state index >= 15 is 0 Å². The van der Waals surface area contributed by atoms with Gasteiger partial charge in [0.05, 0.1) is 18.4 Å². The molecule has 0 saturated heterocycles. The highest BCUT2D eigenvalue weighted by molar-refractivity contribution is 8.00. The molecule has 2 aromatic carbocycles. The summed E-state index contributed by atoms with van der Waals surface area (Å²) in [5.41, 5.74) is 9.13. The molecular formula is C20H24N2O2S. The van der Waals surface area contributed by atoms with Crippen LogP contribution in [0.25, 0.3) is 0 Å². The summed E-state index contributed by atoms with van der Waals surface area (Å²) < 4.78 is 5.17. The van der Waals surface area contributed by atoms with Gasteiger partial charge in [-0.05, 0) is 73.7 Å². The molecule has 1 amide bonds. The van der Waals surface area contributed by atoms with Crippen molar-refractivity contribution in [2.24, 2.45) is 0 Å². The molecule has 4 nitrogen and oxygen atoms in total. The molecule has 0 saturated carbocycles. The van der Waals surface area contributed by atoms with Crippen molar-refractivity contribution in [3.63, 3.8) is 0 Å². The lowest BCUT2D eigenvalue weighted by molar-refractivity contribution is -0.121. The maximum absolute atomic E-state index is 12.6. The highest BCUT2D eigenvalue weighted by Gasteiger charge is 2.24. The van der Waals surface area contributed by atoms with Crippen LogP contribution in [0, 0.1) is 0 Å². The molecule has 5 heteroatoms. The van der Waals surface area contributed by atoms with E-state index in [-0.39, 0.29) is 17.2 Å². The zero-order chi connectivity index (χ0) is 17.8. The summed E-state index contributed by atoms with van der Waals surface area (Å²) in [6.45, 7) is 1.94. The molecule has 132 valence electrons. The highest BCUT2D eigenvalue weighted by Crippen LogP contribution is 2.32. The lowest BCUT2D eigenvalue weighted by Gasteiger charge is -2.27. The van der Waals surface area contributed by atoms with Crippen LogP contribution in [0.15, 0.2) is 47.4 Å². The summed E-state index contributed by atoms with van der Waals surface area (Å²) in [6, 6.07) is 13.9. The Morgan fingerprint density at radius 3 is 2.76 bits per heavy atom. The Kier molecular flexibility index (Phi) is 5.53. The fraction of sp³-hybridized carbons (Fsp3) is 0.350. The third-order valence-corrected chi connectivity index (χ3v) is 5.65. The van der Waals surface area contributed by atoms with Gasteiger partial charge in [-0.15, -0.1) is 11.8 Å². The number of thioether (sulfide) groups is 1. The quantitative estimate of drug-likeness (QED) is 0.629. The zero-order valence-corrected chi connectivity index (χ0v) is 15.4. The molecule has 1 aliphatic carbocycles. The first-order valence-electron chi connectivity index (χ1n) is 8.56. The first-order chi connectivity index (χ1) is 12.1. The number of nitrogen functional groups attached to an aromatic ring is 1. The van der Waals surface area contributed by atoms with Crippen molar-refractivity contribution in [1.82, 2.24) is 5.32 Å². The molecule has 0 aliphatic heterocycles. The number of ether oxygens (including phenoxy) is 1. The molecule has 0 bridgehead atoms. The molecule has 0 radical (unpaired) electrons. The van der Waals surface area contributed by atoms with Crippen molar-refractivity contribution in [3.05, 3.63) is 53.6 Å². The van der Waals surface area contributed by atoms with Crippen molar-refractivity contribution in [1.29, 1.82) is 0 Å². The Balaban J connectivity index is 1.64. The van der Waals surface area contributed by atoms with E-state index in [0.29, 0.717) is 0 Å². The van der Waals surface area contributed by atoms with Crippen molar-refractivity contribution in [3.8, 4) is 5.75 Å². The number of aryl methyl sites for hydroxylation is 1. The number of rotatable bonds is 5. The van der Waals surface area contributed by atoms with Gasteiger partial charge in [0, 0.05) is 10.6 Å².